The van der Waals surface area contributed by atoms with Crippen LogP contribution >= 0.6 is 11.3 Å². The van der Waals surface area contributed by atoms with Crippen LogP contribution in [0.2, 0.25) is 0 Å². The lowest BCUT2D eigenvalue weighted by Crippen LogP contribution is -2.24. The second-order valence-corrected chi connectivity index (χ2v) is 6.53. The molecule has 1 saturated carbocycles. The molecule has 110 valence electrons. The van der Waals surface area contributed by atoms with E-state index in [1.165, 1.54) is 11.3 Å². The van der Waals surface area contributed by atoms with E-state index in [0.717, 1.165) is 30.5 Å². The van der Waals surface area contributed by atoms with Crippen molar-refractivity contribution in [3.8, 4) is 11.3 Å². The zero-order valence-electron chi connectivity index (χ0n) is 12.0. The third kappa shape index (κ3) is 3.08. The van der Waals surface area contributed by atoms with Crippen LogP contribution in [0, 0.1) is 11.8 Å². The number of nitrogens with zero attached hydrogens (tertiary/aromatic N) is 1. The number of rotatable bonds is 3. The van der Waals surface area contributed by atoms with E-state index in [9.17, 15) is 4.79 Å². The molecule has 1 aromatic carbocycles. The van der Waals surface area contributed by atoms with Crippen LogP contribution in [0.15, 0.2) is 29.6 Å². The van der Waals surface area contributed by atoms with Gasteiger partial charge in [0.15, 0.2) is 5.13 Å². The van der Waals surface area contributed by atoms with Crippen molar-refractivity contribution in [3.63, 3.8) is 0 Å². The number of hydrogen-bond acceptors (Lipinski definition) is 4. The summed E-state index contributed by atoms with van der Waals surface area (Å²) in [4.78, 5) is 16.7. The fourth-order valence-electron chi connectivity index (χ4n) is 2.89. The smallest absolute Gasteiger partial charge is 0.229 e. The molecule has 3 rings (SSSR count). The Morgan fingerprint density at radius 3 is 3.00 bits per heavy atom. The number of anilines is 2. The number of amides is 1. The van der Waals surface area contributed by atoms with Gasteiger partial charge in [0.2, 0.25) is 5.91 Å². The highest BCUT2D eigenvalue weighted by atomic mass is 32.1. The first kappa shape index (κ1) is 14.1. The molecule has 0 radical (unpaired) electrons. The molecule has 1 heterocycles. The van der Waals surface area contributed by atoms with Crippen LogP contribution in [0.25, 0.3) is 11.3 Å². The van der Waals surface area contributed by atoms with Crippen molar-refractivity contribution >= 4 is 28.1 Å². The number of carbonyl (C=O) groups is 1. The van der Waals surface area contributed by atoms with Gasteiger partial charge in [-0.05, 0) is 30.9 Å². The number of aromatic nitrogens is 1. The van der Waals surface area contributed by atoms with Gasteiger partial charge < -0.3 is 11.1 Å². The summed E-state index contributed by atoms with van der Waals surface area (Å²) in [6, 6.07) is 7.61. The van der Waals surface area contributed by atoms with E-state index in [-0.39, 0.29) is 11.8 Å². The molecule has 1 aliphatic rings. The Morgan fingerprint density at radius 2 is 2.29 bits per heavy atom. The van der Waals surface area contributed by atoms with Gasteiger partial charge in [-0.1, -0.05) is 25.5 Å². The van der Waals surface area contributed by atoms with Crippen molar-refractivity contribution in [2.24, 2.45) is 11.8 Å². The Morgan fingerprint density at radius 1 is 1.43 bits per heavy atom. The first-order valence-electron chi connectivity index (χ1n) is 7.26. The molecule has 2 unspecified atom stereocenters. The normalized spacial score (nSPS) is 21.4. The molecule has 2 atom stereocenters. The number of nitrogen functional groups attached to an aromatic ring is 1. The third-order valence-corrected chi connectivity index (χ3v) is 4.87. The Hall–Kier alpha value is -1.88. The van der Waals surface area contributed by atoms with Crippen LogP contribution in [0.3, 0.4) is 0 Å². The van der Waals surface area contributed by atoms with Crippen LogP contribution < -0.4 is 11.1 Å². The topological polar surface area (TPSA) is 68.0 Å². The quantitative estimate of drug-likeness (QED) is 0.848. The second kappa shape index (κ2) is 5.85. The predicted octanol–water partition coefficient (Wildman–Crippen LogP) is 3.77. The monoisotopic (exact) mass is 301 g/mol. The lowest BCUT2D eigenvalue weighted by atomic mass is 9.97. The van der Waals surface area contributed by atoms with E-state index in [1.54, 1.807) is 0 Å². The van der Waals surface area contributed by atoms with Crippen LogP contribution in [-0.4, -0.2) is 10.9 Å². The largest absolute Gasteiger partial charge is 0.399 e. The summed E-state index contributed by atoms with van der Waals surface area (Å²) in [6.45, 7) is 2.15. The van der Waals surface area contributed by atoms with Gasteiger partial charge >= 0.3 is 0 Å². The average molecular weight is 301 g/mol. The van der Waals surface area contributed by atoms with Crippen molar-refractivity contribution in [2.45, 2.75) is 26.2 Å². The standard InChI is InChI=1S/C16H19N3OS/c1-10-4-2-7-13(10)15(20)19-16-18-14(9-21-16)11-5-3-6-12(17)8-11/h3,5-6,8-10,13H,2,4,7,17H2,1H3,(H,18,19,20). The van der Waals surface area contributed by atoms with Crippen LogP contribution in [0.5, 0.6) is 0 Å². The van der Waals surface area contributed by atoms with E-state index in [2.05, 4.69) is 17.2 Å². The van der Waals surface area contributed by atoms with Gasteiger partial charge in [0.25, 0.3) is 0 Å². The van der Waals surface area contributed by atoms with E-state index >= 15 is 0 Å². The summed E-state index contributed by atoms with van der Waals surface area (Å²) >= 11 is 1.45. The molecule has 0 bridgehead atoms. The number of nitrogens with two attached hydrogens (primary N) is 1. The molecule has 0 aliphatic heterocycles. The minimum absolute atomic E-state index is 0.105. The summed E-state index contributed by atoms with van der Waals surface area (Å²) in [5.74, 6) is 0.705. The molecular weight excluding hydrogens is 282 g/mol. The molecule has 21 heavy (non-hydrogen) atoms. The van der Waals surface area contributed by atoms with E-state index in [1.807, 2.05) is 29.6 Å². The molecular formula is C16H19N3OS. The molecule has 1 amide bonds. The molecule has 5 heteroatoms. The maximum atomic E-state index is 12.3. The predicted molar refractivity (Wildman–Crippen MR) is 87.1 cm³/mol. The fraction of sp³-hybridized carbons (Fsp3) is 0.375. The molecule has 2 aromatic rings. The Bertz CT molecular complexity index is 652. The zero-order chi connectivity index (χ0) is 14.8. The van der Waals surface area contributed by atoms with Crippen molar-refractivity contribution in [1.82, 2.24) is 4.98 Å². The maximum Gasteiger partial charge on any atom is 0.229 e. The van der Waals surface area contributed by atoms with E-state index < -0.39 is 0 Å². The van der Waals surface area contributed by atoms with Crippen molar-refractivity contribution in [1.29, 1.82) is 0 Å². The lowest BCUT2D eigenvalue weighted by molar-refractivity contribution is -0.120. The van der Waals surface area contributed by atoms with E-state index in [4.69, 9.17) is 5.73 Å². The number of hydrogen-bond donors (Lipinski definition) is 2. The van der Waals surface area contributed by atoms with Gasteiger partial charge in [-0.3, -0.25) is 4.79 Å². The summed E-state index contributed by atoms with van der Waals surface area (Å²) < 4.78 is 0. The summed E-state index contributed by atoms with van der Waals surface area (Å²) in [5, 5.41) is 5.57. The average Bonchev–Trinajstić information content (AvgIpc) is 3.08. The number of nitrogens with one attached hydrogen (secondary N) is 1. The van der Waals surface area contributed by atoms with E-state index in [0.29, 0.717) is 16.7 Å². The van der Waals surface area contributed by atoms with Crippen LogP contribution in [0.4, 0.5) is 10.8 Å². The minimum Gasteiger partial charge on any atom is -0.399 e. The van der Waals surface area contributed by atoms with Gasteiger partial charge in [0, 0.05) is 22.5 Å². The van der Waals surface area contributed by atoms with Gasteiger partial charge in [-0.2, -0.15) is 0 Å². The highest BCUT2D eigenvalue weighted by Crippen LogP contribution is 2.33. The number of thiazole rings is 1. The molecule has 0 saturated heterocycles. The highest BCUT2D eigenvalue weighted by Gasteiger charge is 2.30. The molecule has 1 aromatic heterocycles. The van der Waals surface area contributed by atoms with Gasteiger partial charge in [0.05, 0.1) is 5.69 Å². The summed E-state index contributed by atoms with van der Waals surface area (Å²) in [7, 11) is 0. The van der Waals surface area contributed by atoms with Crippen LogP contribution in [0.1, 0.15) is 26.2 Å². The summed E-state index contributed by atoms with van der Waals surface area (Å²) in [6.07, 6.45) is 3.27. The van der Waals surface area contributed by atoms with Crippen LogP contribution in [-0.2, 0) is 4.79 Å². The Balaban J connectivity index is 1.72. The molecule has 1 aliphatic carbocycles. The zero-order valence-corrected chi connectivity index (χ0v) is 12.8. The number of benzene rings is 1. The highest BCUT2D eigenvalue weighted by molar-refractivity contribution is 7.14. The fourth-order valence-corrected chi connectivity index (χ4v) is 3.62. The lowest BCUT2D eigenvalue weighted by Gasteiger charge is -2.13. The number of carbonyl (C=O) groups excluding carboxylic acids is 1. The third-order valence-electron chi connectivity index (χ3n) is 4.11. The van der Waals surface area contributed by atoms with Gasteiger partial charge in [0.1, 0.15) is 0 Å². The Labute approximate surface area is 128 Å². The molecule has 3 N–H and O–H groups in total. The molecule has 1 fully saturated rings. The maximum absolute atomic E-state index is 12.3. The van der Waals surface area contributed by atoms with Gasteiger partial charge in [-0.25, -0.2) is 4.98 Å². The van der Waals surface area contributed by atoms with Crippen molar-refractivity contribution < 1.29 is 4.79 Å². The minimum atomic E-state index is 0.105. The first-order valence-corrected chi connectivity index (χ1v) is 8.14. The van der Waals surface area contributed by atoms with Gasteiger partial charge in [-0.15, -0.1) is 11.3 Å². The molecule has 0 spiro atoms. The SMILES string of the molecule is CC1CCCC1C(=O)Nc1nc(-c2cccc(N)c2)cs1. The first-order chi connectivity index (χ1) is 10.1. The Kier molecular flexibility index (Phi) is 3.92. The van der Waals surface area contributed by atoms with Crippen molar-refractivity contribution in [2.75, 3.05) is 11.1 Å². The second-order valence-electron chi connectivity index (χ2n) is 5.67. The molecule has 4 nitrogen and oxygen atoms in total. The van der Waals surface area contributed by atoms with Crippen molar-refractivity contribution in [3.05, 3.63) is 29.6 Å². The summed E-state index contributed by atoms with van der Waals surface area (Å²) in [5.41, 5.74) is 8.32.